The Balaban J connectivity index is 2.54. The molecule has 2 N–H and O–H groups in total. The zero-order valence-corrected chi connectivity index (χ0v) is 11.0. The van der Waals surface area contributed by atoms with Crippen LogP contribution in [0.2, 0.25) is 0 Å². The van der Waals surface area contributed by atoms with E-state index in [9.17, 15) is 0 Å². The van der Waals surface area contributed by atoms with Crippen LogP contribution in [-0.2, 0) is 0 Å². The maximum atomic E-state index is 6.33. The molecule has 0 aromatic heterocycles. The second-order valence-corrected chi connectivity index (χ2v) is 5.53. The van der Waals surface area contributed by atoms with E-state index in [4.69, 9.17) is 5.73 Å². The molecule has 0 radical (unpaired) electrons. The van der Waals surface area contributed by atoms with Crippen LogP contribution in [0.1, 0.15) is 52.4 Å². The average Bonchev–Trinajstić information content (AvgIpc) is 2.54. The Labute approximate surface area is 101 Å². The Morgan fingerprint density at radius 3 is 2.31 bits per heavy atom. The summed E-state index contributed by atoms with van der Waals surface area (Å²) >= 11 is 0. The molecule has 1 unspecified atom stereocenters. The fraction of sp³-hybridized carbons (Fsp3) is 0.857. The van der Waals surface area contributed by atoms with Crippen molar-refractivity contribution in [2.75, 3.05) is 13.1 Å². The zero-order chi connectivity index (χ0) is 12.0. The molecule has 16 heavy (non-hydrogen) atoms. The highest BCUT2D eigenvalue weighted by atomic mass is 15.2. The average molecular weight is 224 g/mol. The molecular weight excluding hydrogens is 196 g/mol. The first kappa shape index (κ1) is 13.7. The van der Waals surface area contributed by atoms with E-state index in [0.29, 0.717) is 0 Å². The standard InChI is InChI=1S/C14H28N2/c1-4-5-10-13(15)14(2,3)16-11-8-6-7-9-12-16/h4,13H,1,5-12,15H2,2-3H3. The van der Waals surface area contributed by atoms with Gasteiger partial charge < -0.3 is 5.73 Å². The second kappa shape index (κ2) is 6.41. The number of nitrogens with two attached hydrogens (primary N) is 1. The molecule has 94 valence electrons. The maximum absolute atomic E-state index is 6.33. The maximum Gasteiger partial charge on any atom is 0.0304 e. The molecule has 1 aliphatic heterocycles. The molecule has 0 spiro atoms. The van der Waals surface area contributed by atoms with Crippen molar-refractivity contribution in [1.29, 1.82) is 0 Å². The Bertz CT molecular complexity index is 203. The van der Waals surface area contributed by atoms with Crippen LogP contribution >= 0.6 is 0 Å². The predicted molar refractivity (Wildman–Crippen MR) is 71.5 cm³/mol. The van der Waals surface area contributed by atoms with E-state index in [2.05, 4.69) is 25.3 Å². The molecule has 2 heteroatoms. The lowest BCUT2D eigenvalue weighted by molar-refractivity contribution is 0.0952. The minimum Gasteiger partial charge on any atom is -0.326 e. The van der Waals surface area contributed by atoms with Gasteiger partial charge in [-0.3, -0.25) is 4.90 Å². The molecule has 0 bridgehead atoms. The number of nitrogens with zero attached hydrogens (tertiary/aromatic N) is 1. The summed E-state index contributed by atoms with van der Waals surface area (Å²) in [5, 5.41) is 0. The second-order valence-electron chi connectivity index (χ2n) is 5.53. The molecule has 0 aromatic rings. The molecule has 0 amide bonds. The van der Waals surface area contributed by atoms with Gasteiger partial charge in [0.2, 0.25) is 0 Å². The summed E-state index contributed by atoms with van der Waals surface area (Å²) in [6.45, 7) is 10.8. The van der Waals surface area contributed by atoms with Gasteiger partial charge in [0.1, 0.15) is 0 Å². The molecular formula is C14H28N2. The van der Waals surface area contributed by atoms with Gasteiger partial charge in [0.15, 0.2) is 0 Å². The van der Waals surface area contributed by atoms with Crippen LogP contribution in [0.25, 0.3) is 0 Å². The topological polar surface area (TPSA) is 29.3 Å². The molecule has 2 nitrogen and oxygen atoms in total. The van der Waals surface area contributed by atoms with Gasteiger partial charge in [-0.15, -0.1) is 6.58 Å². The molecule has 1 heterocycles. The molecule has 0 aliphatic carbocycles. The van der Waals surface area contributed by atoms with Crippen molar-refractivity contribution < 1.29 is 0 Å². The molecule has 1 fully saturated rings. The first-order valence-electron chi connectivity index (χ1n) is 6.70. The van der Waals surface area contributed by atoms with Crippen molar-refractivity contribution >= 4 is 0 Å². The first-order chi connectivity index (χ1) is 7.59. The Kier molecular flexibility index (Phi) is 5.50. The summed E-state index contributed by atoms with van der Waals surface area (Å²) in [5.74, 6) is 0. The van der Waals surface area contributed by atoms with Crippen molar-refractivity contribution in [2.45, 2.75) is 64.0 Å². The minimum atomic E-state index is 0.132. The van der Waals surface area contributed by atoms with Crippen LogP contribution in [0.5, 0.6) is 0 Å². The number of rotatable bonds is 5. The van der Waals surface area contributed by atoms with Gasteiger partial charge in [-0.25, -0.2) is 0 Å². The van der Waals surface area contributed by atoms with Crippen molar-refractivity contribution in [1.82, 2.24) is 4.90 Å². The van der Waals surface area contributed by atoms with Crippen LogP contribution < -0.4 is 5.73 Å². The summed E-state index contributed by atoms with van der Waals surface area (Å²) in [5.41, 5.74) is 6.46. The van der Waals surface area contributed by atoms with E-state index in [1.54, 1.807) is 0 Å². The van der Waals surface area contributed by atoms with Crippen molar-refractivity contribution in [3.63, 3.8) is 0 Å². The van der Waals surface area contributed by atoms with E-state index in [1.807, 2.05) is 6.08 Å². The van der Waals surface area contributed by atoms with Crippen LogP contribution in [0.3, 0.4) is 0 Å². The summed E-state index contributed by atoms with van der Waals surface area (Å²) in [6.07, 6.45) is 9.47. The van der Waals surface area contributed by atoms with Crippen LogP contribution in [0.15, 0.2) is 12.7 Å². The van der Waals surface area contributed by atoms with Crippen molar-refractivity contribution in [3.8, 4) is 0 Å². The Hall–Kier alpha value is -0.340. The van der Waals surface area contributed by atoms with E-state index in [1.165, 1.54) is 38.8 Å². The fourth-order valence-corrected chi connectivity index (χ4v) is 2.53. The van der Waals surface area contributed by atoms with Gasteiger partial charge in [0.05, 0.1) is 0 Å². The number of likely N-dealkylation sites (tertiary alicyclic amines) is 1. The number of allylic oxidation sites excluding steroid dienone is 1. The molecule has 1 atom stereocenters. The van der Waals surface area contributed by atoms with Gasteiger partial charge in [-0.1, -0.05) is 18.9 Å². The largest absolute Gasteiger partial charge is 0.326 e. The van der Waals surface area contributed by atoms with Gasteiger partial charge >= 0.3 is 0 Å². The molecule has 0 aromatic carbocycles. The summed E-state index contributed by atoms with van der Waals surface area (Å²) in [7, 11) is 0. The predicted octanol–water partition coefficient (Wildman–Crippen LogP) is 2.93. The summed E-state index contributed by atoms with van der Waals surface area (Å²) in [4.78, 5) is 2.59. The summed E-state index contributed by atoms with van der Waals surface area (Å²) < 4.78 is 0. The highest BCUT2D eigenvalue weighted by molar-refractivity contribution is 4.93. The SMILES string of the molecule is C=CCCC(N)C(C)(C)N1CCCCCC1. The molecule has 0 saturated carbocycles. The third kappa shape index (κ3) is 3.60. The van der Waals surface area contributed by atoms with E-state index < -0.39 is 0 Å². The van der Waals surface area contributed by atoms with E-state index >= 15 is 0 Å². The third-order valence-corrected chi connectivity index (χ3v) is 4.01. The summed E-state index contributed by atoms with van der Waals surface area (Å²) in [6, 6.07) is 0.253. The highest BCUT2D eigenvalue weighted by Crippen LogP contribution is 2.24. The minimum absolute atomic E-state index is 0.132. The van der Waals surface area contributed by atoms with Crippen LogP contribution in [0, 0.1) is 0 Å². The Morgan fingerprint density at radius 2 is 1.81 bits per heavy atom. The molecule has 1 rings (SSSR count). The number of hydrogen-bond donors (Lipinski definition) is 1. The zero-order valence-electron chi connectivity index (χ0n) is 11.0. The van der Waals surface area contributed by atoms with E-state index in [0.717, 1.165) is 12.8 Å². The Morgan fingerprint density at radius 1 is 1.25 bits per heavy atom. The number of hydrogen-bond acceptors (Lipinski definition) is 2. The smallest absolute Gasteiger partial charge is 0.0304 e. The third-order valence-electron chi connectivity index (χ3n) is 4.01. The monoisotopic (exact) mass is 224 g/mol. The fourth-order valence-electron chi connectivity index (χ4n) is 2.53. The molecule has 1 aliphatic rings. The van der Waals surface area contributed by atoms with Gasteiger partial charge in [0.25, 0.3) is 0 Å². The van der Waals surface area contributed by atoms with Crippen molar-refractivity contribution in [3.05, 3.63) is 12.7 Å². The van der Waals surface area contributed by atoms with Gasteiger partial charge in [-0.2, -0.15) is 0 Å². The lowest BCUT2D eigenvalue weighted by Gasteiger charge is -2.42. The lowest BCUT2D eigenvalue weighted by atomic mass is 9.89. The first-order valence-corrected chi connectivity index (χ1v) is 6.70. The van der Waals surface area contributed by atoms with Crippen LogP contribution in [-0.4, -0.2) is 29.6 Å². The lowest BCUT2D eigenvalue weighted by Crippen LogP contribution is -2.56. The van der Waals surface area contributed by atoms with Crippen LogP contribution in [0.4, 0.5) is 0 Å². The van der Waals surface area contributed by atoms with Crippen molar-refractivity contribution in [2.24, 2.45) is 5.73 Å². The van der Waals surface area contributed by atoms with E-state index in [-0.39, 0.29) is 11.6 Å². The van der Waals surface area contributed by atoms with Gasteiger partial charge in [-0.05, 0) is 52.6 Å². The highest BCUT2D eigenvalue weighted by Gasteiger charge is 2.32. The van der Waals surface area contributed by atoms with Gasteiger partial charge in [0, 0.05) is 11.6 Å². The molecule has 1 saturated heterocycles. The quantitative estimate of drug-likeness (QED) is 0.728. The normalized spacial score (nSPS) is 21.4.